The number of sulfonamides is 1. The summed E-state index contributed by atoms with van der Waals surface area (Å²) >= 11 is 0. The minimum absolute atomic E-state index is 0.0493. The number of nitrogens with two attached hydrogens (primary N) is 1. The lowest BCUT2D eigenvalue weighted by Crippen LogP contribution is -2.12. The third-order valence-corrected chi connectivity index (χ3v) is 5.60. The second-order valence-electron chi connectivity index (χ2n) is 6.58. The van der Waals surface area contributed by atoms with E-state index in [1.807, 2.05) is 48.5 Å². The van der Waals surface area contributed by atoms with Crippen molar-refractivity contribution in [2.75, 3.05) is 5.43 Å². The molecule has 0 saturated heterocycles. The lowest BCUT2D eigenvalue weighted by atomic mass is 9.97. The Morgan fingerprint density at radius 3 is 2.10 bits per heavy atom. The molecular formula is C21H16N4O4S. The highest BCUT2D eigenvalue weighted by Gasteiger charge is 2.18. The van der Waals surface area contributed by atoms with Gasteiger partial charge in [-0.2, -0.15) is 5.10 Å². The first-order valence-corrected chi connectivity index (χ1v) is 10.4. The van der Waals surface area contributed by atoms with Gasteiger partial charge in [0.1, 0.15) is 5.69 Å². The van der Waals surface area contributed by atoms with Crippen molar-refractivity contribution in [3.63, 3.8) is 0 Å². The van der Waals surface area contributed by atoms with Crippen LogP contribution in [0.15, 0.2) is 82.8 Å². The van der Waals surface area contributed by atoms with Gasteiger partial charge in [-0.15, -0.1) is 0 Å². The maximum absolute atomic E-state index is 11.5. The number of hydrazone groups is 1. The Hall–Kier alpha value is -3.82. The molecule has 0 aliphatic carbocycles. The highest BCUT2D eigenvalue weighted by molar-refractivity contribution is 7.89. The van der Waals surface area contributed by atoms with Gasteiger partial charge in [0.2, 0.25) is 10.0 Å². The maximum Gasteiger partial charge on any atom is 0.295 e. The van der Waals surface area contributed by atoms with Gasteiger partial charge in [0.25, 0.3) is 5.69 Å². The van der Waals surface area contributed by atoms with E-state index in [0.717, 1.165) is 33.2 Å². The van der Waals surface area contributed by atoms with E-state index in [2.05, 4.69) is 16.6 Å². The van der Waals surface area contributed by atoms with Crippen LogP contribution < -0.4 is 10.6 Å². The summed E-state index contributed by atoms with van der Waals surface area (Å²) in [5.41, 5.74) is 3.11. The summed E-state index contributed by atoms with van der Waals surface area (Å²) in [5.74, 6) is 0. The first-order chi connectivity index (χ1) is 14.3. The Morgan fingerprint density at radius 2 is 1.53 bits per heavy atom. The predicted molar refractivity (Wildman–Crippen MR) is 117 cm³/mol. The number of anilines is 1. The molecule has 4 rings (SSSR count). The van der Waals surface area contributed by atoms with E-state index in [1.165, 1.54) is 12.1 Å². The zero-order valence-corrected chi connectivity index (χ0v) is 16.3. The molecule has 0 amide bonds. The normalized spacial score (nSPS) is 11.9. The smallest absolute Gasteiger partial charge is 0.272 e. The standard InChI is InChI=1S/C21H16N4O4S/c22-30(28,29)16-9-10-20(21(12-16)25(26)27)24-23-13-19-17-7-3-1-5-14(17)11-15-6-2-4-8-18(15)19/h1-13,24H,(H2,22,28,29). The number of primary sulfonamides is 1. The molecule has 3 N–H and O–H groups in total. The summed E-state index contributed by atoms with van der Waals surface area (Å²) in [5, 5.41) is 24.7. The molecular weight excluding hydrogens is 404 g/mol. The van der Waals surface area contributed by atoms with E-state index in [-0.39, 0.29) is 10.6 Å². The highest BCUT2D eigenvalue weighted by atomic mass is 32.2. The van der Waals surface area contributed by atoms with Crippen LogP contribution in [0.1, 0.15) is 5.56 Å². The molecule has 0 spiro atoms. The van der Waals surface area contributed by atoms with Gasteiger partial charge in [-0.3, -0.25) is 15.5 Å². The summed E-state index contributed by atoms with van der Waals surface area (Å²) in [6.45, 7) is 0. The van der Waals surface area contributed by atoms with Crippen molar-refractivity contribution < 1.29 is 13.3 Å². The number of hydrogen-bond donors (Lipinski definition) is 2. The molecule has 0 bridgehead atoms. The number of benzene rings is 4. The zero-order valence-electron chi connectivity index (χ0n) is 15.5. The Kier molecular flexibility index (Phi) is 4.90. The van der Waals surface area contributed by atoms with Gasteiger partial charge in [-0.05, 0) is 39.7 Å². The van der Waals surface area contributed by atoms with Gasteiger partial charge in [0.05, 0.1) is 16.0 Å². The molecule has 0 radical (unpaired) electrons. The van der Waals surface area contributed by atoms with Gasteiger partial charge in [0, 0.05) is 11.6 Å². The average Bonchev–Trinajstić information content (AvgIpc) is 2.72. The number of nitrogens with zero attached hydrogens (tertiary/aromatic N) is 2. The summed E-state index contributed by atoms with van der Waals surface area (Å²) in [6.07, 6.45) is 1.60. The lowest BCUT2D eigenvalue weighted by molar-refractivity contribution is -0.384. The van der Waals surface area contributed by atoms with Crippen molar-refractivity contribution in [1.29, 1.82) is 0 Å². The van der Waals surface area contributed by atoms with E-state index in [1.54, 1.807) is 6.21 Å². The molecule has 0 aliphatic rings. The fourth-order valence-corrected chi connectivity index (χ4v) is 3.82. The average molecular weight is 420 g/mol. The van der Waals surface area contributed by atoms with Crippen LogP contribution in [-0.2, 0) is 10.0 Å². The van der Waals surface area contributed by atoms with E-state index < -0.39 is 20.6 Å². The highest BCUT2D eigenvalue weighted by Crippen LogP contribution is 2.29. The molecule has 0 heterocycles. The summed E-state index contributed by atoms with van der Waals surface area (Å²) in [4.78, 5) is 10.3. The molecule has 0 fully saturated rings. The van der Waals surface area contributed by atoms with E-state index >= 15 is 0 Å². The van der Waals surface area contributed by atoms with Crippen LogP contribution in [0.3, 0.4) is 0 Å². The van der Waals surface area contributed by atoms with Crippen LogP contribution in [0.2, 0.25) is 0 Å². The molecule has 9 heteroatoms. The van der Waals surface area contributed by atoms with Crippen molar-refractivity contribution in [3.05, 3.63) is 88.5 Å². The zero-order chi connectivity index (χ0) is 21.3. The Balaban J connectivity index is 1.77. The van der Waals surface area contributed by atoms with Crippen molar-refractivity contribution >= 4 is 49.2 Å². The number of hydrogen-bond acceptors (Lipinski definition) is 6. The Bertz CT molecular complexity index is 1380. The predicted octanol–water partition coefficient (Wildman–Crippen LogP) is 3.99. The van der Waals surface area contributed by atoms with Crippen molar-refractivity contribution in [3.8, 4) is 0 Å². The summed E-state index contributed by atoms with van der Waals surface area (Å²) < 4.78 is 22.9. The second-order valence-corrected chi connectivity index (χ2v) is 8.15. The number of rotatable bonds is 5. The van der Waals surface area contributed by atoms with Gasteiger partial charge in [-0.25, -0.2) is 13.6 Å². The van der Waals surface area contributed by atoms with Gasteiger partial charge in [-0.1, -0.05) is 48.5 Å². The Labute approximate surface area is 171 Å². The molecule has 4 aromatic rings. The molecule has 0 aromatic heterocycles. The molecule has 4 aromatic carbocycles. The third kappa shape index (κ3) is 3.71. The quantitative estimate of drug-likeness (QED) is 0.218. The molecule has 0 unspecified atom stereocenters. The maximum atomic E-state index is 11.5. The third-order valence-electron chi connectivity index (χ3n) is 4.69. The Morgan fingerprint density at radius 1 is 0.933 bits per heavy atom. The fraction of sp³-hybridized carbons (Fsp3) is 0. The molecule has 0 aliphatic heterocycles. The SMILES string of the molecule is NS(=O)(=O)c1ccc(NN=Cc2c3ccccc3cc3ccccc23)c([N+](=O)[O-])c1. The van der Waals surface area contributed by atoms with Gasteiger partial charge < -0.3 is 0 Å². The molecule has 0 atom stereocenters. The number of nitrogens with one attached hydrogen (secondary N) is 1. The molecule has 0 saturated carbocycles. The molecule has 8 nitrogen and oxygen atoms in total. The number of nitro groups is 1. The van der Waals surface area contributed by atoms with Crippen LogP contribution in [0.25, 0.3) is 21.5 Å². The van der Waals surface area contributed by atoms with Crippen molar-refractivity contribution in [2.45, 2.75) is 4.90 Å². The minimum atomic E-state index is -4.06. The van der Waals surface area contributed by atoms with Crippen LogP contribution in [0, 0.1) is 10.1 Å². The van der Waals surface area contributed by atoms with Gasteiger partial charge in [0.15, 0.2) is 0 Å². The number of nitro benzene ring substituents is 1. The molecule has 150 valence electrons. The van der Waals surface area contributed by atoms with Crippen LogP contribution in [-0.4, -0.2) is 19.6 Å². The first kappa shape index (κ1) is 19.5. The second kappa shape index (κ2) is 7.54. The van der Waals surface area contributed by atoms with Crippen molar-refractivity contribution in [1.82, 2.24) is 0 Å². The van der Waals surface area contributed by atoms with E-state index in [9.17, 15) is 18.5 Å². The summed E-state index contributed by atoms with van der Waals surface area (Å²) in [6, 6.07) is 21.2. The van der Waals surface area contributed by atoms with E-state index in [4.69, 9.17) is 5.14 Å². The monoisotopic (exact) mass is 420 g/mol. The fourth-order valence-electron chi connectivity index (χ4n) is 3.29. The lowest BCUT2D eigenvalue weighted by Gasteiger charge is -2.08. The van der Waals surface area contributed by atoms with Crippen LogP contribution >= 0.6 is 0 Å². The van der Waals surface area contributed by atoms with E-state index in [0.29, 0.717) is 0 Å². The largest absolute Gasteiger partial charge is 0.295 e. The minimum Gasteiger partial charge on any atom is -0.272 e. The van der Waals surface area contributed by atoms with Crippen LogP contribution in [0.4, 0.5) is 11.4 Å². The van der Waals surface area contributed by atoms with Gasteiger partial charge >= 0.3 is 0 Å². The molecule has 30 heavy (non-hydrogen) atoms. The first-order valence-electron chi connectivity index (χ1n) is 8.85. The summed E-state index contributed by atoms with van der Waals surface area (Å²) in [7, 11) is -4.06. The number of fused-ring (bicyclic) bond motifs is 2. The van der Waals surface area contributed by atoms with Crippen molar-refractivity contribution in [2.24, 2.45) is 10.2 Å². The topological polar surface area (TPSA) is 128 Å². The van der Waals surface area contributed by atoms with Crippen LogP contribution in [0.5, 0.6) is 0 Å².